The van der Waals surface area contributed by atoms with Gasteiger partial charge in [0.25, 0.3) is 5.91 Å². The number of amides is 1. The molecule has 2 aromatic rings. The second kappa shape index (κ2) is 7.10. The maximum absolute atomic E-state index is 12.2. The zero-order valence-electron chi connectivity index (χ0n) is 12.4. The first-order valence-electron chi connectivity index (χ1n) is 6.55. The van der Waals surface area contributed by atoms with Crippen LogP contribution in [0, 0.1) is 0 Å². The molecule has 0 aliphatic rings. The van der Waals surface area contributed by atoms with Gasteiger partial charge in [0.2, 0.25) is 0 Å². The number of aromatic nitrogens is 2. The van der Waals surface area contributed by atoms with Crippen molar-refractivity contribution >= 4 is 35.0 Å². The van der Waals surface area contributed by atoms with Crippen LogP contribution < -0.4 is 5.32 Å². The number of pyridine rings is 1. The molecule has 0 radical (unpaired) electrons. The molecule has 9 heteroatoms. The number of ether oxygens (including phenoxy) is 2. The van der Waals surface area contributed by atoms with Gasteiger partial charge in [-0.1, -0.05) is 11.6 Å². The summed E-state index contributed by atoms with van der Waals surface area (Å²) in [6, 6.07) is 3.61. The highest BCUT2D eigenvalue weighted by Gasteiger charge is 2.26. The Labute approximate surface area is 136 Å². The number of carbonyl (C=O) groups is 3. The first-order chi connectivity index (χ1) is 10.9. The Bertz CT molecular complexity index is 758. The fourth-order valence-corrected chi connectivity index (χ4v) is 2.06. The third-order valence-electron chi connectivity index (χ3n) is 3.05. The van der Waals surface area contributed by atoms with Crippen molar-refractivity contribution in [3.05, 3.63) is 35.1 Å². The quantitative estimate of drug-likeness (QED) is 0.810. The van der Waals surface area contributed by atoms with Gasteiger partial charge in [0, 0.05) is 11.2 Å². The van der Waals surface area contributed by atoms with Crippen LogP contribution in [0.3, 0.4) is 0 Å². The second-order valence-corrected chi connectivity index (χ2v) is 5.01. The summed E-state index contributed by atoms with van der Waals surface area (Å²) in [6.07, 6.45) is 1.26. The molecule has 0 aromatic carbocycles. The molecule has 0 bridgehead atoms. The van der Waals surface area contributed by atoms with Crippen LogP contribution in [0.5, 0.6) is 0 Å². The summed E-state index contributed by atoms with van der Waals surface area (Å²) in [6.45, 7) is 0. The summed E-state index contributed by atoms with van der Waals surface area (Å²) in [5.41, 5.74) is 0.691. The van der Waals surface area contributed by atoms with Gasteiger partial charge in [-0.15, -0.1) is 0 Å². The van der Waals surface area contributed by atoms with E-state index in [1.807, 2.05) is 0 Å². The second-order valence-electron chi connectivity index (χ2n) is 4.57. The lowest BCUT2D eigenvalue weighted by atomic mass is 10.2. The Morgan fingerprint density at radius 1 is 1.30 bits per heavy atom. The van der Waals surface area contributed by atoms with Crippen molar-refractivity contribution in [3.63, 3.8) is 0 Å². The molecule has 1 amide bonds. The molecule has 0 spiro atoms. The van der Waals surface area contributed by atoms with Crippen molar-refractivity contribution < 1.29 is 23.9 Å². The van der Waals surface area contributed by atoms with Crippen LogP contribution in [-0.4, -0.2) is 47.7 Å². The Kier molecular flexibility index (Phi) is 5.17. The van der Waals surface area contributed by atoms with Crippen molar-refractivity contribution in [2.24, 2.45) is 0 Å². The highest BCUT2D eigenvalue weighted by molar-refractivity contribution is 6.30. The molecule has 2 heterocycles. The van der Waals surface area contributed by atoms with Crippen molar-refractivity contribution in [2.75, 3.05) is 14.2 Å². The molecule has 0 saturated heterocycles. The van der Waals surface area contributed by atoms with Crippen LogP contribution >= 0.6 is 11.6 Å². The van der Waals surface area contributed by atoms with E-state index < -0.39 is 23.9 Å². The zero-order chi connectivity index (χ0) is 17.0. The van der Waals surface area contributed by atoms with E-state index in [9.17, 15) is 14.4 Å². The monoisotopic (exact) mass is 339 g/mol. The molecule has 23 heavy (non-hydrogen) atoms. The number of nitrogens with one attached hydrogen (secondary N) is 1. The molecule has 0 aliphatic heterocycles. The first-order valence-corrected chi connectivity index (χ1v) is 6.93. The molecule has 0 fully saturated rings. The van der Waals surface area contributed by atoms with Gasteiger partial charge in [-0.25, -0.2) is 9.31 Å². The number of carbonyl (C=O) groups excluding carboxylic acids is 3. The summed E-state index contributed by atoms with van der Waals surface area (Å²) in [7, 11) is 2.34. The van der Waals surface area contributed by atoms with Gasteiger partial charge in [0.15, 0.2) is 5.69 Å². The summed E-state index contributed by atoms with van der Waals surface area (Å²) in [5, 5.41) is 6.97. The van der Waals surface area contributed by atoms with Crippen LogP contribution in [-0.2, 0) is 19.1 Å². The highest BCUT2D eigenvalue weighted by atomic mass is 35.5. The summed E-state index contributed by atoms with van der Waals surface area (Å²) in [5.74, 6) is -2.03. The standard InChI is InChI=1S/C14H14ClN3O5/c1-22-12(19)7-11(14(21)23-2)16-13(20)10-6-9-5-8(15)3-4-18(9)17-10/h3-6,11H,7H2,1-2H3,(H,16,20). The zero-order valence-corrected chi connectivity index (χ0v) is 13.2. The molecule has 2 aromatic heterocycles. The van der Waals surface area contributed by atoms with Gasteiger partial charge in [-0.2, -0.15) is 5.10 Å². The van der Waals surface area contributed by atoms with Crippen LogP contribution in [0.15, 0.2) is 24.4 Å². The summed E-state index contributed by atoms with van der Waals surface area (Å²) < 4.78 is 10.5. The average molecular weight is 340 g/mol. The van der Waals surface area contributed by atoms with E-state index in [0.29, 0.717) is 10.5 Å². The molecule has 8 nitrogen and oxygen atoms in total. The summed E-state index contributed by atoms with van der Waals surface area (Å²) in [4.78, 5) is 35.2. The van der Waals surface area contributed by atoms with Gasteiger partial charge in [0.05, 0.1) is 26.2 Å². The lowest BCUT2D eigenvalue weighted by Gasteiger charge is -2.14. The predicted octanol–water partition coefficient (Wildman–Crippen LogP) is 0.822. The van der Waals surface area contributed by atoms with E-state index in [1.54, 1.807) is 18.3 Å². The number of rotatable bonds is 5. The SMILES string of the molecule is COC(=O)CC(NC(=O)c1cc2cc(Cl)ccn2n1)C(=O)OC. The topological polar surface area (TPSA) is 99.0 Å². The summed E-state index contributed by atoms with van der Waals surface area (Å²) >= 11 is 5.87. The van der Waals surface area contributed by atoms with Crippen LogP contribution in [0.2, 0.25) is 5.02 Å². The number of hydrogen-bond donors (Lipinski definition) is 1. The molecular weight excluding hydrogens is 326 g/mol. The smallest absolute Gasteiger partial charge is 0.328 e. The number of nitrogens with zero attached hydrogens (tertiary/aromatic N) is 2. The van der Waals surface area contributed by atoms with Crippen molar-refractivity contribution in [1.82, 2.24) is 14.9 Å². The number of halogens is 1. The molecule has 1 N–H and O–H groups in total. The molecule has 0 aliphatic carbocycles. The Balaban J connectivity index is 2.18. The minimum atomic E-state index is -1.16. The van der Waals surface area contributed by atoms with E-state index in [2.05, 4.69) is 19.9 Å². The maximum Gasteiger partial charge on any atom is 0.328 e. The van der Waals surface area contributed by atoms with Crippen LogP contribution in [0.25, 0.3) is 5.52 Å². The fraction of sp³-hybridized carbons (Fsp3) is 0.286. The average Bonchev–Trinajstić information content (AvgIpc) is 2.96. The van der Waals surface area contributed by atoms with E-state index in [0.717, 1.165) is 7.11 Å². The van der Waals surface area contributed by atoms with E-state index >= 15 is 0 Å². The molecule has 2 rings (SSSR count). The minimum Gasteiger partial charge on any atom is -0.469 e. The number of esters is 2. The normalized spacial score (nSPS) is 11.8. The number of hydrogen-bond acceptors (Lipinski definition) is 6. The minimum absolute atomic E-state index is 0.0750. The lowest BCUT2D eigenvalue weighted by Crippen LogP contribution is -2.43. The van der Waals surface area contributed by atoms with E-state index in [1.165, 1.54) is 17.7 Å². The molecule has 1 atom stereocenters. The van der Waals surface area contributed by atoms with E-state index in [4.69, 9.17) is 11.6 Å². The fourth-order valence-electron chi connectivity index (χ4n) is 1.90. The predicted molar refractivity (Wildman–Crippen MR) is 80.1 cm³/mol. The Hall–Kier alpha value is -2.61. The first kappa shape index (κ1) is 16.8. The highest BCUT2D eigenvalue weighted by Crippen LogP contribution is 2.13. The molecule has 122 valence electrons. The van der Waals surface area contributed by atoms with Crippen LogP contribution in [0.4, 0.5) is 0 Å². The Morgan fingerprint density at radius 3 is 2.70 bits per heavy atom. The van der Waals surface area contributed by atoms with Gasteiger partial charge in [-0.05, 0) is 18.2 Å². The third-order valence-corrected chi connectivity index (χ3v) is 3.28. The molecule has 0 saturated carbocycles. The third kappa shape index (κ3) is 3.98. The maximum atomic E-state index is 12.2. The lowest BCUT2D eigenvalue weighted by molar-refractivity contribution is -0.149. The van der Waals surface area contributed by atoms with Crippen molar-refractivity contribution in [3.8, 4) is 0 Å². The molecule has 1 unspecified atom stereocenters. The molecular formula is C14H14ClN3O5. The van der Waals surface area contributed by atoms with Crippen molar-refractivity contribution in [2.45, 2.75) is 12.5 Å². The Morgan fingerprint density at radius 2 is 2.04 bits per heavy atom. The number of fused-ring (bicyclic) bond motifs is 1. The van der Waals surface area contributed by atoms with Gasteiger partial charge < -0.3 is 14.8 Å². The van der Waals surface area contributed by atoms with Gasteiger partial charge in [0.1, 0.15) is 6.04 Å². The van der Waals surface area contributed by atoms with Crippen molar-refractivity contribution in [1.29, 1.82) is 0 Å². The largest absolute Gasteiger partial charge is 0.469 e. The number of methoxy groups -OCH3 is 2. The van der Waals surface area contributed by atoms with E-state index in [-0.39, 0.29) is 12.1 Å². The van der Waals surface area contributed by atoms with Gasteiger partial charge >= 0.3 is 11.9 Å². The van der Waals surface area contributed by atoms with Crippen LogP contribution in [0.1, 0.15) is 16.9 Å². The van der Waals surface area contributed by atoms with Gasteiger partial charge in [-0.3, -0.25) is 9.59 Å².